The van der Waals surface area contributed by atoms with Gasteiger partial charge in [-0.3, -0.25) is 0 Å². The van der Waals surface area contributed by atoms with Crippen LogP contribution in [0.2, 0.25) is 5.02 Å². The fraction of sp³-hybridized carbons (Fsp3) is 0.273. The maximum absolute atomic E-state index is 12.6. The zero-order valence-corrected chi connectivity index (χ0v) is 18.1. The van der Waals surface area contributed by atoms with Gasteiger partial charge in [0.1, 0.15) is 11.6 Å². The predicted octanol–water partition coefficient (Wildman–Crippen LogP) is 5.87. The Labute approximate surface area is 188 Å². The average Bonchev–Trinajstić information content (AvgIpc) is 2.72. The van der Waals surface area contributed by atoms with Crippen LogP contribution >= 0.6 is 11.6 Å². The molecule has 0 bridgehead atoms. The van der Waals surface area contributed by atoms with E-state index in [2.05, 4.69) is 25.3 Å². The number of hydrogen-bond acceptors (Lipinski definition) is 6. The number of nitrogens with one attached hydrogen (secondary N) is 2. The monoisotopic (exact) mass is 466 g/mol. The van der Waals surface area contributed by atoms with E-state index in [1.54, 1.807) is 36.4 Å². The highest BCUT2D eigenvalue weighted by Crippen LogP contribution is 2.29. The first-order valence-corrected chi connectivity index (χ1v) is 10.2. The Bertz CT molecular complexity index is 1050. The number of anilines is 3. The van der Waals surface area contributed by atoms with E-state index in [0.29, 0.717) is 27.8 Å². The number of nitrogens with zero attached hydrogens (tertiary/aromatic N) is 2. The zero-order chi connectivity index (χ0) is 23.3. The van der Waals surface area contributed by atoms with Crippen molar-refractivity contribution in [2.45, 2.75) is 26.3 Å². The summed E-state index contributed by atoms with van der Waals surface area (Å²) in [4.78, 5) is 8.88. The molecule has 3 N–H and O–H groups in total. The maximum atomic E-state index is 12.6. The molecular weight excluding hydrogens is 445 g/mol. The molecule has 0 spiro atoms. The third-order valence-corrected chi connectivity index (χ3v) is 4.77. The Kier molecular flexibility index (Phi) is 7.42. The lowest BCUT2D eigenvalue weighted by Crippen LogP contribution is -2.30. The minimum Gasteiger partial charge on any atom is -0.406 e. The van der Waals surface area contributed by atoms with Crippen LogP contribution in [0.4, 0.5) is 30.6 Å². The zero-order valence-electron chi connectivity index (χ0n) is 17.3. The number of rotatable bonds is 8. The Morgan fingerprint density at radius 3 is 2.41 bits per heavy atom. The van der Waals surface area contributed by atoms with Crippen LogP contribution < -0.4 is 15.4 Å². The van der Waals surface area contributed by atoms with Gasteiger partial charge in [0, 0.05) is 22.3 Å². The van der Waals surface area contributed by atoms with Crippen LogP contribution in [0, 0.1) is 5.92 Å². The van der Waals surface area contributed by atoms with Gasteiger partial charge in [0.05, 0.1) is 18.3 Å². The van der Waals surface area contributed by atoms with Crippen LogP contribution in [0.25, 0.3) is 11.3 Å². The molecule has 2 aromatic carbocycles. The highest BCUT2D eigenvalue weighted by Gasteiger charge is 2.31. The van der Waals surface area contributed by atoms with Crippen molar-refractivity contribution in [1.82, 2.24) is 9.97 Å². The van der Waals surface area contributed by atoms with Crippen LogP contribution in [0.1, 0.15) is 13.8 Å². The Morgan fingerprint density at radius 2 is 1.78 bits per heavy atom. The highest BCUT2D eigenvalue weighted by atomic mass is 35.5. The van der Waals surface area contributed by atoms with Crippen LogP contribution in [-0.4, -0.2) is 34.1 Å². The lowest BCUT2D eigenvalue weighted by Gasteiger charge is -2.21. The second-order valence-corrected chi connectivity index (χ2v) is 7.78. The molecule has 0 unspecified atom stereocenters. The molecule has 0 radical (unpaired) electrons. The van der Waals surface area contributed by atoms with Crippen molar-refractivity contribution in [3.8, 4) is 17.0 Å². The van der Waals surface area contributed by atoms with E-state index < -0.39 is 6.36 Å². The summed E-state index contributed by atoms with van der Waals surface area (Å²) in [7, 11) is 0. The molecule has 0 fully saturated rings. The standard InChI is InChI=1S/C22H22ClF3N4O2/c1-13(2)19(12-31)29-21-28-18(14-4-3-5-17(10-14)32-22(24,25)26)11-20(30-21)27-16-8-6-15(23)7-9-16/h3-11,13,19,31H,12H2,1-2H3,(H2,27,28,29,30)/t19-/m1/s1. The minimum atomic E-state index is -4.80. The number of aromatic nitrogens is 2. The molecule has 0 aliphatic heterocycles. The van der Waals surface area contributed by atoms with Crippen LogP contribution in [0.3, 0.4) is 0 Å². The second-order valence-electron chi connectivity index (χ2n) is 7.35. The molecule has 3 rings (SSSR count). The van der Waals surface area contributed by atoms with Crippen molar-refractivity contribution in [3.05, 3.63) is 59.6 Å². The number of hydrogen-bond donors (Lipinski definition) is 3. The van der Waals surface area contributed by atoms with Gasteiger partial charge in [-0.2, -0.15) is 4.98 Å². The maximum Gasteiger partial charge on any atom is 0.573 e. The fourth-order valence-corrected chi connectivity index (χ4v) is 2.97. The van der Waals surface area contributed by atoms with E-state index in [9.17, 15) is 18.3 Å². The van der Waals surface area contributed by atoms with E-state index in [-0.39, 0.29) is 30.3 Å². The molecule has 170 valence electrons. The molecule has 10 heteroatoms. The molecule has 0 aliphatic carbocycles. The third-order valence-electron chi connectivity index (χ3n) is 4.52. The molecule has 0 saturated carbocycles. The predicted molar refractivity (Wildman–Crippen MR) is 118 cm³/mol. The Balaban J connectivity index is 1.99. The summed E-state index contributed by atoms with van der Waals surface area (Å²) >= 11 is 5.93. The lowest BCUT2D eigenvalue weighted by molar-refractivity contribution is -0.274. The lowest BCUT2D eigenvalue weighted by atomic mass is 10.1. The molecule has 1 aromatic heterocycles. The van der Waals surface area contributed by atoms with Gasteiger partial charge in [0.2, 0.25) is 5.95 Å². The molecule has 32 heavy (non-hydrogen) atoms. The summed E-state index contributed by atoms with van der Waals surface area (Å²) in [5.41, 5.74) is 1.48. The molecule has 6 nitrogen and oxygen atoms in total. The molecular formula is C22H22ClF3N4O2. The van der Waals surface area contributed by atoms with Crippen LogP contribution in [-0.2, 0) is 0 Å². The minimum absolute atomic E-state index is 0.0865. The van der Waals surface area contributed by atoms with E-state index in [4.69, 9.17) is 11.6 Å². The fourth-order valence-electron chi connectivity index (χ4n) is 2.85. The van der Waals surface area contributed by atoms with Crippen molar-refractivity contribution in [2.75, 3.05) is 17.2 Å². The van der Waals surface area contributed by atoms with Crippen LogP contribution in [0.5, 0.6) is 5.75 Å². The van der Waals surface area contributed by atoms with Gasteiger partial charge in [0.25, 0.3) is 0 Å². The first kappa shape index (κ1) is 23.6. The third kappa shape index (κ3) is 6.73. The molecule has 1 heterocycles. The Hall–Kier alpha value is -3.04. The highest BCUT2D eigenvalue weighted by molar-refractivity contribution is 6.30. The van der Waals surface area contributed by atoms with Gasteiger partial charge >= 0.3 is 6.36 Å². The number of ether oxygens (including phenoxy) is 1. The average molecular weight is 467 g/mol. The van der Waals surface area contributed by atoms with E-state index in [1.165, 1.54) is 18.2 Å². The summed E-state index contributed by atoms with van der Waals surface area (Å²) < 4.78 is 41.9. The number of alkyl halides is 3. The molecule has 3 aromatic rings. The van der Waals surface area contributed by atoms with Gasteiger partial charge in [-0.15, -0.1) is 13.2 Å². The van der Waals surface area contributed by atoms with Gasteiger partial charge in [0.15, 0.2) is 0 Å². The first-order valence-electron chi connectivity index (χ1n) is 9.78. The van der Waals surface area contributed by atoms with Crippen molar-refractivity contribution >= 4 is 29.1 Å². The van der Waals surface area contributed by atoms with Gasteiger partial charge in [-0.05, 0) is 42.3 Å². The summed E-state index contributed by atoms with van der Waals surface area (Å²) in [5, 5.41) is 16.4. The SMILES string of the molecule is CC(C)[C@@H](CO)Nc1nc(Nc2ccc(Cl)cc2)cc(-c2cccc(OC(F)(F)F)c2)n1. The number of aliphatic hydroxyl groups is 1. The normalized spacial score (nSPS) is 12.5. The van der Waals surface area contributed by atoms with Gasteiger partial charge < -0.3 is 20.5 Å². The summed E-state index contributed by atoms with van der Waals surface area (Å²) in [6.07, 6.45) is -4.80. The molecule has 0 saturated heterocycles. The Morgan fingerprint density at radius 1 is 1.06 bits per heavy atom. The number of benzene rings is 2. The van der Waals surface area contributed by atoms with Crippen LogP contribution in [0.15, 0.2) is 54.6 Å². The largest absolute Gasteiger partial charge is 0.573 e. The first-order chi connectivity index (χ1) is 15.1. The second kappa shape index (κ2) is 10.1. The number of halogens is 4. The van der Waals surface area contributed by atoms with E-state index in [1.807, 2.05) is 13.8 Å². The number of aliphatic hydroxyl groups excluding tert-OH is 1. The summed E-state index contributed by atoms with van der Waals surface area (Å²) in [6.45, 7) is 3.73. The van der Waals surface area contributed by atoms with Crippen molar-refractivity contribution < 1.29 is 23.0 Å². The molecule has 1 atom stereocenters. The van der Waals surface area contributed by atoms with Gasteiger partial charge in [-0.1, -0.05) is 37.6 Å². The van der Waals surface area contributed by atoms with Crippen molar-refractivity contribution in [3.63, 3.8) is 0 Å². The van der Waals surface area contributed by atoms with E-state index >= 15 is 0 Å². The topological polar surface area (TPSA) is 79.3 Å². The molecule has 0 aliphatic rings. The summed E-state index contributed by atoms with van der Waals surface area (Å²) in [5.74, 6) is 0.352. The van der Waals surface area contributed by atoms with Crippen molar-refractivity contribution in [1.29, 1.82) is 0 Å². The van der Waals surface area contributed by atoms with Crippen molar-refractivity contribution in [2.24, 2.45) is 5.92 Å². The molecule has 0 amide bonds. The van der Waals surface area contributed by atoms with E-state index in [0.717, 1.165) is 0 Å². The summed E-state index contributed by atoms with van der Waals surface area (Å²) in [6, 6.07) is 13.8. The smallest absolute Gasteiger partial charge is 0.406 e. The quantitative estimate of drug-likeness (QED) is 0.385. The van der Waals surface area contributed by atoms with Gasteiger partial charge in [-0.25, -0.2) is 4.98 Å².